The molecule has 4 rings (SSSR count). The van der Waals surface area contributed by atoms with Gasteiger partial charge in [-0.1, -0.05) is 25.1 Å². The van der Waals surface area contributed by atoms with E-state index in [1.165, 1.54) is 0 Å². The van der Waals surface area contributed by atoms with Crippen molar-refractivity contribution in [3.63, 3.8) is 0 Å². The van der Waals surface area contributed by atoms with E-state index in [0.29, 0.717) is 17.8 Å². The largest absolute Gasteiger partial charge is 0.397 e. The number of hydrogen-bond acceptors (Lipinski definition) is 4. The van der Waals surface area contributed by atoms with E-state index in [-0.39, 0.29) is 5.91 Å². The zero-order valence-corrected chi connectivity index (χ0v) is 13.8. The van der Waals surface area contributed by atoms with Gasteiger partial charge in [0.15, 0.2) is 0 Å². The average Bonchev–Trinajstić information content (AvgIpc) is 3.12. The molecule has 24 heavy (non-hydrogen) atoms. The molecule has 0 aliphatic carbocycles. The van der Waals surface area contributed by atoms with Gasteiger partial charge in [0.05, 0.1) is 35.2 Å². The third-order valence-electron chi connectivity index (χ3n) is 4.48. The number of amides is 1. The van der Waals surface area contributed by atoms with Gasteiger partial charge in [-0.25, -0.2) is 4.98 Å². The highest BCUT2D eigenvalue weighted by molar-refractivity contribution is 6.11. The summed E-state index contributed by atoms with van der Waals surface area (Å²) in [6, 6.07) is 5.88. The monoisotopic (exact) mass is 321 g/mol. The van der Waals surface area contributed by atoms with Crippen LogP contribution < -0.4 is 5.73 Å². The Kier molecular flexibility index (Phi) is 3.26. The fourth-order valence-electron chi connectivity index (χ4n) is 3.37. The molecule has 0 atom stereocenters. The number of carbonyl (C=O) groups excluding carboxylic acids is 1. The number of hydrogen-bond donors (Lipinski definition) is 1. The lowest BCUT2D eigenvalue weighted by Crippen LogP contribution is -2.24. The molecule has 3 heterocycles. The first kappa shape index (κ1) is 14.7. The molecule has 1 aromatic carbocycles. The molecule has 2 N–H and O–H groups in total. The van der Waals surface area contributed by atoms with Crippen molar-refractivity contribution in [3.05, 3.63) is 41.9 Å². The SMILES string of the molecule is CCCN1Cc2nc3c(-c4cnn(C)c4)cccc3c(N)c2C1=O. The second kappa shape index (κ2) is 5.33. The third-order valence-corrected chi connectivity index (χ3v) is 4.48. The third kappa shape index (κ3) is 2.06. The summed E-state index contributed by atoms with van der Waals surface area (Å²) < 4.78 is 1.76. The molecule has 0 fully saturated rings. The molecule has 6 heteroatoms. The van der Waals surface area contributed by atoms with Crippen LogP contribution in [0, 0.1) is 0 Å². The molecule has 3 aromatic rings. The van der Waals surface area contributed by atoms with Crippen molar-refractivity contribution in [2.75, 3.05) is 12.3 Å². The topological polar surface area (TPSA) is 77.0 Å². The van der Waals surface area contributed by atoms with Crippen LogP contribution in [0.5, 0.6) is 0 Å². The van der Waals surface area contributed by atoms with Crippen molar-refractivity contribution in [3.8, 4) is 11.1 Å². The first-order chi connectivity index (χ1) is 11.6. The van der Waals surface area contributed by atoms with E-state index >= 15 is 0 Å². The van der Waals surface area contributed by atoms with Crippen LogP contribution in [0.2, 0.25) is 0 Å². The fraction of sp³-hybridized carbons (Fsp3) is 0.278. The second-order valence-electron chi connectivity index (χ2n) is 6.18. The van der Waals surface area contributed by atoms with E-state index in [1.54, 1.807) is 4.68 Å². The Morgan fingerprint density at radius 2 is 2.17 bits per heavy atom. The number of anilines is 1. The van der Waals surface area contributed by atoms with E-state index in [9.17, 15) is 4.79 Å². The van der Waals surface area contributed by atoms with E-state index in [4.69, 9.17) is 10.7 Å². The van der Waals surface area contributed by atoms with Crippen molar-refractivity contribution in [1.82, 2.24) is 19.7 Å². The van der Waals surface area contributed by atoms with E-state index < -0.39 is 0 Å². The number of carbonyl (C=O) groups is 1. The van der Waals surface area contributed by atoms with Crippen LogP contribution >= 0.6 is 0 Å². The quantitative estimate of drug-likeness (QED) is 0.804. The van der Waals surface area contributed by atoms with Gasteiger partial charge in [-0.3, -0.25) is 9.48 Å². The molecule has 0 saturated carbocycles. The van der Waals surface area contributed by atoms with Crippen LogP contribution in [0.4, 0.5) is 5.69 Å². The maximum absolute atomic E-state index is 12.6. The van der Waals surface area contributed by atoms with Crippen LogP contribution in [0.15, 0.2) is 30.6 Å². The number of fused-ring (bicyclic) bond motifs is 2. The Bertz CT molecular complexity index is 959. The lowest BCUT2D eigenvalue weighted by Gasteiger charge is -2.13. The van der Waals surface area contributed by atoms with Gasteiger partial charge in [-0.05, 0) is 6.42 Å². The van der Waals surface area contributed by atoms with Crippen molar-refractivity contribution in [2.24, 2.45) is 7.05 Å². The number of nitrogens with two attached hydrogens (primary N) is 1. The number of para-hydroxylation sites is 1. The number of benzene rings is 1. The summed E-state index contributed by atoms with van der Waals surface area (Å²) in [4.78, 5) is 19.2. The van der Waals surface area contributed by atoms with E-state index in [2.05, 4.69) is 12.0 Å². The summed E-state index contributed by atoms with van der Waals surface area (Å²) in [6.45, 7) is 3.31. The number of rotatable bonds is 3. The van der Waals surface area contributed by atoms with Crippen LogP contribution in [0.1, 0.15) is 29.4 Å². The summed E-state index contributed by atoms with van der Waals surface area (Å²) >= 11 is 0. The Labute approximate surface area is 139 Å². The molecule has 0 saturated heterocycles. The standard InChI is InChI=1S/C18H19N5O/c1-3-7-23-10-14-15(18(23)24)16(19)13-6-4-5-12(17(13)21-14)11-8-20-22(2)9-11/h4-6,8-9H,3,7,10H2,1-2H3,(H2,19,21). The van der Waals surface area contributed by atoms with Crippen molar-refractivity contribution < 1.29 is 4.79 Å². The molecule has 2 aromatic heterocycles. The van der Waals surface area contributed by atoms with Gasteiger partial charge in [-0.2, -0.15) is 5.10 Å². The van der Waals surface area contributed by atoms with Gasteiger partial charge < -0.3 is 10.6 Å². The summed E-state index contributed by atoms with van der Waals surface area (Å²) in [5.41, 5.74) is 11.0. The zero-order valence-electron chi connectivity index (χ0n) is 13.8. The molecule has 0 spiro atoms. The van der Waals surface area contributed by atoms with E-state index in [1.807, 2.05) is 42.5 Å². The smallest absolute Gasteiger partial charge is 0.258 e. The predicted octanol–water partition coefficient (Wildman–Crippen LogP) is 2.58. The number of aromatic nitrogens is 3. The minimum absolute atomic E-state index is 0.00877. The van der Waals surface area contributed by atoms with Gasteiger partial charge in [-0.15, -0.1) is 0 Å². The molecule has 0 radical (unpaired) electrons. The summed E-state index contributed by atoms with van der Waals surface area (Å²) in [5.74, 6) is -0.00877. The van der Waals surface area contributed by atoms with Crippen LogP contribution in [-0.2, 0) is 13.6 Å². The van der Waals surface area contributed by atoms with Gasteiger partial charge in [0.2, 0.25) is 0 Å². The highest BCUT2D eigenvalue weighted by Crippen LogP contribution is 2.36. The molecular formula is C18H19N5O. The second-order valence-corrected chi connectivity index (χ2v) is 6.18. The molecule has 122 valence electrons. The molecule has 6 nitrogen and oxygen atoms in total. The maximum atomic E-state index is 12.6. The molecule has 1 aliphatic rings. The lowest BCUT2D eigenvalue weighted by atomic mass is 10.0. The van der Waals surface area contributed by atoms with Gasteiger partial charge in [0.1, 0.15) is 0 Å². The zero-order chi connectivity index (χ0) is 16.8. The highest BCUT2D eigenvalue weighted by atomic mass is 16.2. The maximum Gasteiger partial charge on any atom is 0.258 e. The number of pyridine rings is 1. The average molecular weight is 321 g/mol. The minimum Gasteiger partial charge on any atom is -0.397 e. The summed E-state index contributed by atoms with van der Waals surface area (Å²) in [7, 11) is 1.88. The van der Waals surface area contributed by atoms with Gasteiger partial charge in [0.25, 0.3) is 5.91 Å². The van der Waals surface area contributed by atoms with Crippen LogP contribution in [0.3, 0.4) is 0 Å². The Balaban J connectivity index is 1.94. The van der Waals surface area contributed by atoms with Gasteiger partial charge >= 0.3 is 0 Å². The molecule has 0 bridgehead atoms. The first-order valence-electron chi connectivity index (χ1n) is 8.09. The van der Waals surface area contributed by atoms with Crippen molar-refractivity contribution in [1.29, 1.82) is 0 Å². The van der Waals surface area contributed by atoms with Crippen LogP contribution in [-0.4, -0.2) is 32.1 Å². The number of nitrogens with zero attached hydrogens (tertiary/aromatic N) is 4. The van der Waals surface area contributed by atoms with Crippen molar-refractivity contribution in [2.45, 2.75) is 19.9 Å². The normalized spacial score (nSPS) is 13.8. The highest BCUT2D eigenvalue weighted by Gasteiger charge is 2.31. The Morgan fingerprint density at radius 1 is 1.33 bits per heavy atom. The fourth-order valence-corrected chi connectivity index (χ4v) is 3.37. The van der Waals surface area contributed by atoms with Gasteiger partial charge in [0, 0.05) is 36.3 Å². The molecule has 0 unspecified atom stereocenters. The van der Waals surface area contributed by atoms with Crippen LogP contribution in [0.25, 0.3) is 22.0 Å². The van der Waals surface area contributed by atoms with E-state index in [0.717, 1.165) is 40.7 Å². The Hall–Kier alpha value is -2.89. The molecule has 1 amide bonds. The molecular weight excluding hydrogens is 302 g/mol. The minimum atomic E-state index is -0.00877. The predicted molar refractivity (Wildman–Crippen MR) is 93.4 cm³/mol. The number of aryl methyl sites for hydroxylation is 1. The molecule has 1 aliphatic heterocycles. The Morgan fingerprint density at radius 3 is 2.88 bits per heavy atom. The lowest BCUT2D eigenvalue weighted by molar-refractivity contribution is 0.0779. The summed E-state index contributed by atoms with van der Waals surface area (Å²) in [6.07, 6.45) is 4.68. The first-order valence-corrected chi connectivity index (χ1v) is 8.09. The van der Waals surface area contributed by atoms with Crippen molar-refractivity contribution >= 4 is 22.5 Å². The number of nitrogen functional groups attached to an aromatic ring is 1. The summed E-state index contributed by atoms with van der Waals surface area (Å²) in [5, 5.41) is 5.06.